The monoisotopic (exact) mass is 257 g/mol. The van der Waals surface area contributed by atoms with E-state index in [-0.39, 0.29) is 18.4 Å². The number of methoxy groups -OCH3 is 1. The first kappa shape index (κ1) is 18.1. The van der Waals surface area contributed by atoms with Crippen LogP contribution in [0, 0.1) is 0 Å². The smallest absolute Gasteiger partial charge is 0.329 e. The molecule has 0 fully saturated rings. The average molecular weight is 258 g/mol. The lowest BCUT2D eigenvalue weighted by Crippen LogP contribution is -2.07. The van der Waals surface area contributed by atoms with Crippen LogP contribution in [0.4, 0.5) is 0 Å². The van der Waals surface area contributed by atoms with Crippen molar-refractivity contribution >= 4 is 18.4 Å². The summed E-state index contributed by atoms with van der Waals surface area (Å²) >= 11 is 0. The molecule has 1 rings (SSSR count). The molecule has 0 saturated heterocycles. The first-order valence-electron chi connectivity index (χ1n) is 5.16. The summed E-state index contributed by atoms with van der Waals surface area (Å²) < 4.78 is 4.14. The Bertz CT molecular complexity index is 314. The van der Waals surface area contributed by atoms with Crippen LogP contribution in [0.5, 0.6) is 0 Å². The van der Waals surface area contributed by atoms with E-state index in [4.69, 9.17) is 5.73 Å². The number of ether oxygens (including phenoxy) is 1. The minimum absolute atomic E-state index is 0. The van der Waals surface area contributed by atoms with Crippen molar-refractivity contribution in [1.29, 1.82) is 0 Å². The largest absolute Gasteiger partial charge is 0.466 e. The number of hydrogen-bond donors (Lipinski definition) is 1. The SMILES string of the molecule is C=CC(=O)OC.CCC(N)c1ccccc1.Cl. The lowest BCUT2D eigenvalue weighted by molar-refractivity contribution is -0.134. The van der Waals surface area contributed by atoms with Crippen molar-refractivity contribution in [3.8, 4) is 0 Å². The summed E-state index contributed by atoms with van der Waals surface area (Å²) in [7, 11) is 1.31. The highest BCUT2D eigenvalue weighted by Gasteiger charge is 1.99. The van der Waals surface area contributed by atoms with Crippen LogP contribution in [0.25, 0.3) is 0 Å². The van der Waals surface area contributed by atoms with Gasteiger partial charge in [0.05, 0.1) is 7.11 Å². The van der Waals surface area contributed by atoms with Crippen LogP contribution in [0.2, 0.25) is 0 Å². The van der Waals surface area contributed by atoms with Gasteiger partial charge >= 0.3 is 5.97 Å². The van der Waals surface area contributed by atoms with Gasteiger partial charge < -0.3 is 10.5 Å². The van der Waals surface area contributed by atoms with Gasteiger partial charge in [-0.1, -0.05) is 43.8 Å². The number of hydrogen-bond acceptors (Lipinski definition) is 3. The molecule has 17 heavy (non-hydrogen) atoms. The second kappa shape index (κ2) is 11.2. The van der Waals surface area contributed by atoms with E-state index in [1.54, 1.807) is 0 Å². The van der Waals surface area contributed by atoms with Crippen LogP contribution in [-0.2, 0) is 9.53 Å². The van der Waals surface area contributed by atoms with Crippen molar-refractivity contribution < 1.29 is 9.53 Å². The minimum Gasteiger partial charge on any atom is -0.466 e. The molecule has 0 heterocycles. The summed E-state index contributed by atoms with van der Waals surface area (Å²) in [5.41, 5.74) is 7.02. The van der Waals surface area contributed by atoms with E-state index in [9.17, 15) is 4.79 Å². The van der Waals surface area contributed by atoms with E-state index in [2.05, 4.69) is 30.4 Å². The minimum atomic E-state index is -0.394. The summed E-state index contributed by atoms with van der Waals surface area (Å²) in [4.78, 5) is 9.84. The molecule has 1 aromatic carbocycles. The van der Waals surface area contributed by atoms with Crippen LogP contribution in [0.1, 0.15) is 24.9 Å². The maximum absolute atomic E-state index is 9.84. The number of carbonyl (C=O) groups is 1. The molecular formula is C13H20ClNO2. The normalized spacial score (nSPS) is 10.1. The lowest BCUT2D eigenvalue weighted by atomic mass is 10.1. The Hall–Kier alpha value is -1.32. The van der Waals surface area contributed by atoms with Crippen LogP contribution in [0.15, 0.2) is 43.0 Å². The summed E-state index contributed by atoms with van der Waals surface area (Å²) in [6, 6.07) is 10.4. The number of nitrogens with two attached hydrogens (primary N) is 1. The third-order valence-electron chi connectivity index (χ3n) is 2.04. The predicted molar refractivity (Wildman–Crippen MR) is 73.1 cm³/mol. The molecular weight excluding hydrogens is 238 g/mol. The fourth-order valence-electron chi connectivity index (χ4n) is 1.02. The summed E-state index contributed by atoms with van der Waals surface area (Å²) in [5.74, 6) is -0.394. The van der Waals surface area contributed by atoms with E-state index in [1.165, 1.54) is 12.7 Å². The van der Waals surface area contributed by atoms with E-state index >= 15 is 0 Å². The maximum Gasteiger partial charge on any atom is 0.329 e. The van der Waals surface area contributed by atoms with Gasteiger partial charge in [0.25, 0.3) is 0 Å². The molecule has 4 heteroatoms. The molecule has 1 unspecified atom stereocenters. The number of rotatable bonds is 3. The van der Waals surface area contributed by atoms with E-state index in [0.29, 0.717) is 0 Å². The molecule has 0 amide bonds. The summed E-state index contributed by atoms with van der Waals surface area (Å²) in [5, 5.41) is 0. The molecule has 0 spiro atoms. The fraction of sp³-hybridized carbons (Fsp3) is 0.308. The lowest BCUT2D eigenvalue weighted by Gasteiger charge is -2.06. The Balaban J connectivity index is 0. The quantitative estimate of drug-likeness (QED) is 0.669. The van der Waals surface area contributed by atoms with Gasteiger partial charge in [0.2, 0.25) is 0 Å². The molecule has 0 aliphatic rings. The zero-order valence-electron chi connectivity index (χ0n) is 10.3. The molecule has 2 N–H and O–H groups in total. The van der Waals surface area contributed by atoms with E-state index in [1.807, 2.05) is 18.2 Å². The van der Waals surface area contributed by atoms with Crippen molar-refractivity contribution in [1.82, 2.24) is 0 Å². The zero-order chi connectivity index (χ0) is 12.4. The highest BCUT2D eigenvalue weighted by atomic mass is 35.5. The van der Waals surface area contributed by atoms with Gasteiger partial charge in [-0.25, -0.2) is 4.79 Å². The number of esters is 1. The molecule has 3 nitrogen and oxygen atoms in total. The first-order chi connectivity index (χ1) is 7.65. The molecule has 1 atom stereocenters. The fourth-order valence-corrected chi connectivity index (χ4v) is 1.02. The van der Waals surface area contributed by atoms with Crippen molar-refractivity contribution in [3.63, 3.8) is 0 Å². The number of benzene rings is 1. The standard InChI is InChI=1S/C9H13N.C4H6O2.ClH/c1-2-9(10)8-6-4-3-5-7-8;1-3-4(5)6-2;/h3-7,9H,2,10H2,1H3;3H,1H2,2H3;1H. The van der Waals surface area contributed by atoms with Crippen molar-refractivity contribution in [3.05, 3.63) is 48.6 Å². The topological polar surface area (TPSA) is 52.3 Å². The van der Waals surface area contributed by atoms with Crippen molar-refractivity contribution in [2.45, 2.75) is 19.4 Å². The Kier molecular flexibility index (Phi) is 11.9. The third-order valence-corrected chi connectivity index (χ3v) is 2.04. The van der Waals surface area contributed by atoms with E-state index in [0.717, 1.165) is 12.5 Å². The highest BCUT2D eigenvalue weighted by molar-refractivity contribution is 5.85. The molecule has 0 aromatic heterocycles. The van der Waals surface area contributed by atoms with Crippen LogP contribution < -0.4 is 5.73 Å². The Labute approximate surface area is 109 Å². The van der Waals surface area contributed by atoms with Crippen molar-refractivity contribution in [2.75, 3.05) is 7.11 Å². The van der Waals surface area contributed by atoms with Crippen LogP contribution in [0.3, 0.4) is 0 Å². The molecule has 0 radical (unpaired) electrons. The zero-order valence-corrected chi connectivity index (χ0v) is 11.1. The second-order valence-electron chi connectivity index (χ2n) is 3.15. The molecule has 0 aliphatic heterocycles. The van der Waals surface area contributed by atoms with E-state index < -0.39 is 5.97 Å². The first-order valence-corrected chi connectivity index (χ1v) is 5.16. The number of halogens is 1. The summed E-state index contributed by atoms with van der Waals surface area (Å²) in [6.45, 7) is 5.25. The van der Waals surface area contributed by atoms with Gasteiger partial charge in [-0.05, 0) is 12.0 Å². The number of carbonyl (C=O) groups excluding carboxylic acids is 1. The summed E-state index contributed by atoms with van der Waals surface area (Å²) in [6.07, 6.45) is 2.12. The van der Waals surface area contributed by atoms with Gasteiger partial charge in [-0.2, -0.15) is 0 Å². The Morgan fingerprint density at radius 3 is 2.29 bits per heavy atom. The molecule has 0 bridgehead atoms. The molecule has 1 aromatic rings. The third kappa shape index (κ3) is 8.48. The molecule has 96 valence electrons. The average Bonchev–Trinajstić information content (AvgIpc) is 2.38. The van der Waals surface area contributed by atoms with Gasteiger partial charge in [0, 0.05) is 12.1 Å². The molecule has 0 saturated carbocycles. The van der Waals surface area contributed by atoms with Gasteiger partial charge in [0.15, 0.2) is 0 Å². The van der Waals surface area contributed by atoms with Gasteiger partial charge in [-0.3, -0.25) is 0 Å². The molecule has 0 aliphatic carbocycles. The van der Waals surface area contributed by atoms with Gasteiger partial charge in [0.1, 0.15) is 0 Å². The van der Waals surface area contributed by atoms with Crippen LogP contribution >= 0.6 is 12.4 Å². The highest BCUT2D eigenvalue weighted by Crippen LogP contribution is 2.11. The Morgan fingerprint density at radius 1 is 1.47 bits per heavy atom. The van der Waals surface area contributed by atoms with Gasteiger partial charge in [-0.15, -0.1) is 12.4 Å². The van der Waals surface area contributed by atoms with Crippen molar-refractivity contribution in [2.24, 2.45) is 5.73 Å². The Morgan fingerprint density at radius 2 is 2.00 bits per heavy atom. The maximum atomic E-state index is 9.84. The predicted octanol–water partition coefficient (Wildman–Crippen LogP) is 2.86. The van der Waals surface area contributed by atoms with Crippen LogP contribution in [-0.4, -0.2) is 13.1 Å². The second-order valence-corrected chi connectivity index (χ2v) is 3.15.